The second-order valence-corrected chi connectivity index (χ2v) is 14.3. The van der Waals surface area contributed by atoms with Crippen LogP contribution in [0.5, 0.6) is 11.5 Å². The topological polar surface area (TPSA) is 83.7 Å². The molecular weight excluding hydrogens is 629 g/mol. The van der Waals surface area contributed by atoms with Gasteiger partial charge in [0.25, 0.3) is 0 Å². The quantitative estimate of drug-likeness (QED) is 0.0514. The van der Waals surface area contributed by atoms with Gasteiger partial charge in [-0.2, -0.15) is 0 Å². The number of anilines is 1. The maximum atomic E-state index is 11.2. The van der Waals surface area contributed by atoms with Gasteiger partial charge in [0.15, 0.2) is 0 Å². The first kappa shape index (κ1) is 34.5. The van der Waals surface area contributed by atoms with E-state index in [1.165, 1.54) is 63.0 Å². The first-order chi connectivity index (χ1) is 23.9. The molecule has 6 rings (SSSR count). The van der Waals surface area contributed by atoms with Gasteiger partial charge in [0, 0.05) is 23.7 Å². The molecule has 0 atom stereocenters. The molecule has 0 bridgehead atoms. The van der Waals surface area contributed by atoms with Crippen LogP contribution in [0.1, 0.15) is 87.3 Å². The number of nitrogen functional groups attached to an aromatic ring is 1. The highest BCUT2D eigenvalue weighted by atomic mass is 32.1. The Labute approximate surface area is 294 Å². The van der Waals surface area contributed by atoms with Gasteiger partial charge >= 0.3 is 5.97 Å². The number of hydrogen-bond acceptors (Lipinski definition) is 7. The van der Waals surface area contributed by atoms with Crippen molar-refractivity contribution in [2.45, 2.75) is 84.2 Å². The Balaban J connectivity index is 1.18. The third-order valence-electron chi connectivity index (χ3n) is 9.80. The molecule has 0 unspecified atom stereocenters. The number of aromatic nitrogens is 1. The Bertz CT molecular complexity index is 1910. The lowest BCUT2D eigenvalue weighted by atomic mass is 9.77. The van der Waals surface area contributed by atoms with E-state index in [0.29, 0.717) is 32.2 Å². The van der Waals surface area contributed by atoms with Crippen molar-refractivity contribution < 1.29 is 19.0 Å². The molecule has 6 nitrogen and oxygen atoms in total. The normalized spacial score (nSPS) is 16.1. The van der Waals surface area contributed by atoms with Gasteiger partial charge in [-0.05, 0) is 114 Å². The largest absolute Gasteiger partial charge is 0.493 e. The predicted molar refractivity (Wildman–Crippen MR) is 203 cm³/mol. The summed E-state index contributed by atoms with van der Waals surface area (Å²) in [6.45, 7) is 8.98. The Morgan fingerprint density at radius 3 is 2.55 bits per heavy atom. The van der Waals surface area contributed by atoms with Gasteiger partial charge < -0.3 is 19.9 Å². The maximum Gasteiger partial charge on any atom is 0.330 e. The number of aryl methyl sites for hydroxylation is 1. The standard InChI is InChI=1S/C42H48N2O4S/c1-4-6-7-9-29-10-13-31(14-11-29)36-19-21-38(41-40(36)44-42(49-41)34-17-20-37(43)28(3)24-34)48-27-30-12-15-33-26-35(18-16-32(33)25-30)46-22-8-23-47-39(45)5-2/h5,12,15-21,24-26,29,31H,2,4,6-11,13-14,22-23,27,43H2,1,3H3. The minimum atomic E-state index is -0.414. The van der Waals surface area contributed by atoms with Crippen molar-refractivity contribution in [1.82, 2.24) is 4.98 Å². The van der Waals surface area contributed by atoms with Gasteiger partial charge in [-0.25, -0.2) is 9.78 Å². The molecule has 4 aromatic carbocycles. The molecule has 7 heteroatoms. The second kappa shape index (κ2) is 16.4. The van der Waals surface area contributed by atoms with Crippen molar-refractivity contribution in [3.05, 3.63) is 96.1 Å². The lowest BCUT2D eigenvalue weighted by Crippen LogP contribution is -2.13. The number of hydrogen-bond donors (Lipinski definition) is 1. The Morgan fingerprint density at radius 2 is 1.76 bits per heavy atom. The summed E-state index contributed by atoms with van der Waals surface area (Å²) in [5.74, 6) is 2.65. The molecule has 0 aliphatic heterocycles. The zero-order valence-electron chi connectivity index (χ0n) is 28.8. The number of carbonyl (C=O) groups excluding carboxylic acids is 1. The molecule has 1 saturated carbocycles. The van der Waals surface area contributed by atoms with Gasteiger partial charge in [-0.1, -0.05) is 63.5 Å². The Morgan fingerprint density at radius 1 is 0.939 bits per heavy atom. The van der Waals surface area contributed by atoms with Crippen molar-refractivity contribution in [3.63, 3.8) is 0 Å². The Hall–Kier alpha value is -4.36. The molecule has 2 N–H and O–H groups in total. The maximum absolute atomic E-state index is 11.2. The average molecular weight is 677 g/mol. The number of unbranched alkanes of at least 4 members (excludes halogenated alkanes) is 2. The number of nitrogens with two attached hydrogens (primary N) is 1. The zero-order valence-corrected chi connectivity index (χ0v) is 29.7. The number of carbonyl (C=O) groups is 1. The number of fused-ring (bicyclic) bond motifs is 2. The van der Waals surface area contributed by atoms with Gasteiger partial charge in [0.05, 0.1) is 23.4 Å². The lowest BCUT2D eigenvalue weighted by molar-refractivity contribution is -0.137. The molecule has 1 aromatic heterocycles. The number of nitrogens with zero attached hydrogens (tertiary/aromatic N) is 1. The van der Waals surface area contributed by atoms with Crippen molar-refractivity contribution in [2.24, 2.45) is 5.92 Å². The Kier molecular flexibility index (Phi) is 11.5. The highest BCUT2D eigenvalue weighted by Crippen LogP contribution is 2.45. The zero-order chi connectivity index (χ0) is 34.2. The van der Waals surface area contributed by atoms with Crippen LogP contribution in [-0.2, 0) is 16.1 Å². The first-order valence-electron chi connectivity index (χ1n) is 17.8. The third kappa shape index (κ3) is 8.63. The van der Waals surface area contributed by atoms with Crippen molar-refractivity contribution >= 4 is 44.0 Å². The average Bonchev–Trinajstić information content (AvgIpc) is 3.58. The summed E-state index contributed by atoms with van der Waals surface area (Å²) < 4.78 is 18.6. The van der Waals surface area contributed by atoms with Gasteiger partial charge in [-0.3, -0.25) is 0 Å². The third-order valence-corrected chi connectivity index (χ3v) is 10.9. The van der Waals surface area contributed by atoms with E-state index in [1.807, 2.05) is 18.2 Å². The smallest absolute Gasteiger partial charge is 0.330 e. The van der Waals surface area contributed by atoms with E-state index in [1.54, 1.807) is 11.3 Å². The van der Waals surface area contributed by atoms with E-state index < -0.39 is 5.97 Å². The van der Waals surface area contributed by atoms with Crippen LogP contribution in [0.25, 0.3) is 31.6 Å². The number of esters is 1. The SMILES string of the molecule is C=CC(=O)OCCCOc1ccc2cc(COc3ccc(C4CCC(CCCCC)CC4)c4nc(-c5ccc(N)c(C)c5)sc34)ccc2c1. The van der Waals surface area contributed by atoms with Gasteiger partial charge in [0.1, 0.15) is 23.1 Å². The van der Waals surface area contributed by atoms with E-state index in [4.69, 9.17) is 24.9 Å². The number of thiazole rings is 1. The molecule has 256 valence electrons. The van der Waals surface area contributed by atoms with Crippen LogP contribution in [0.3, 0.4) is 0 Å². The van der Waals surface area contributed by atoms with Crippen molar-refractivity contribution in [2.75, 3.05) is 18.9 Å². The van der Waals surface area contributed by atoms with Crippen LogP contribution < -0.4 is 15.2 Å². The van der Waals surface area contributed by atoms with Crippen LogP contribution in [-0.4, -0.2) is 24.2 Å². The van der Waals surface area contributed by atoms with E-state index in [9.17, 15) is 4.79 Å². The molecule has 0 saturated heterocycles. The molecule has 0 amide bonds. The fourth-order valence-corrected chi connectivity index (χ4v) is 7.98. The molecule has 0 spiro atoms. The van der Waals surface area contributed by atoms with Crippen molar-refractivity contribution in [1.29, 1.82) is 0 Å². The molecule has 0 radical (unpaired) electrons. The van der Waals surface area contributed by atoms with Gasteiger partial charge in [-0.15, -0.1) is 11.3 Å². The van der Waals surface area contributed by atoms with E-state index in [-0.39, 0.29) is 0 Å². The summed E-state index contributed by atoms with van der Waals surface area (Å²) in [6.07, 6.45) is 12.2. The van der Waals surface area contributed by atoms with Crippen LogP contribution in [0.15, 0.2) is 79.4 Å². The van der Waals surface area contributed by atoms with Gasteiger partial charge in [0.2, 0.25) is 0 Å². The fourth-order valence-electron chi connectivity index (χ4n) is 6.92. The molecular formula is C42H48N2O4S. The predicted octanol–water partition coefficient (Wildman–Crippen LogP) is 10.9. The summed E-state index contributed by atoms with van der Waals surface area (Å²) in [4.78, 5) is 16.5. The lowest BCUT2D eigenvalue weighted by Gasteiger charge is -2.29. The molecule has 49 heavy (non-hydrogen) atoms. The molecule has 1 aliphatic carbocycles. The number of rotatable bonds is 15. The van der Waals surface area contributed by atoms with Crippen molar-refractivity contribution in [3.8, 4) is 22.1 Å². The van der Waals surface area contributed by atoms with Crippen LogP contribution in [0, 0.1) is 12.8 Å². The monoisotopic (exact) mass is 676 g/mol. The molecule has 5 aromatic rings. The highest BCUT2D eigenvalue weighted by molar-refractivity contribution is 7.22. The van der Waals surface area contributed by atoms with E-state index in [2.05, 4.69) is 69.0 Å². The summed E-state index contributed by atoms with van der Waals surface area (Å²) >= 11 is 1.72. The minimum absolute atomic E-state index is 0.306. The minimum Gasteiger partial charge on any atom is -0.493 e. The van der Waals surface area contributed by atoms with Crippen LogP contribution in [0.2, 0.25) is 0 Å². The highest BCUT2D eigenvalue weighted by Gasteiger charge is 2.26. The number of ether oxygens (including phenoxy) is 3. The summed E-state index contributed by atoms with van der Waals surface area (Å²) in [5, 5.41) is 3.22. The van der Waals surface area contributed by atoms with E-state index in [0.717, 1.165) is 65.8 Å². The fraction of sp³-hybridized carbons (Fsp3) is 0.381. The van der Waals surface area contributed by atoms with Crippen LogP contribution >= 0.6 is 11.3 Å². The number of benzene rings is 4. The molecule has 1 fully saturated rings. The summed E-state index contributed by atoms with van der Waals surface area (Å²) in [5.41, 5.74) is 12.7. The summed E-state index contributed by atoms with van der Waals surface area (Å²) in [7, 11) is 0. The molecule has 1 aliphatic rings. The molecule has 1 heterocycles. The van der Waals surface area contributed by atoms with E-state index >= 15 is 0 Å². The summed E-state index contributed by atoms with van der Waals surface area (Å²) in [6, 6.07) is 23.1. The first-order valence-corrected chi connectivity index (χ1v) is 18.6. The van der Waals surface area contributed by atoms with Crippen LogP contribution in [0.4, 0.5) is 5.69 Å². The second-order valence-electron chi connectivity index (χ2n) is 13.3.